The number of ketones is 1. The molecule has 4 N–H and O–H groups in total. The first kappa shape index (κ1) is 37.5. The highest BCUT2D eigenvalue weighted by Crippen LogP contribution is 2.39. The maximum Gasteiger partial charge on any atom is 0.289 e. The molecule has 5 atom stereocenters. The van der Waals surface area contributed by atoms with Crippen molar-refractivity contribution < 1.29 is 28.8 Å². The molecule has 13 heteroatoms. The second kappa shape index (κ2) is 15.3. The average molecular weight is 717 g/mol. The molecule has 270 valence electrons. The molecular formula is C38H45ClN6O6. The Balaban J connectivity index is 1.45. The SMILES string of the molecule is CCC[C@H](NC(=O)[C@@H]1C[C@]2(C=C(c3cccc(Cl)c3)NO2)CN1C(=O)[C@@H](NC(=O)c1cccc([C@@H](C)C#N)c1)C(C)(C)C)C(=O)C(=O)NC1CC1. The van der Waals surface area contributed by atoms with Gasteiger partial charge in [0.15, 0.2) is 0 Å². The van der Waals surface area contributed by atoms with Crippen molar-refractivity contribution in [1.82, 2.24) is 26.3 Å². The Labute approximate surface area is 303 Å². The van der Waals surface area contributed by atoms with Crippen molar-refractivity contribution in [2.45, 2.75) is 102 Å². The highest BCUT2D eigenvalue weighted by atomic mass is 35.5. The smallest absolute Gasteiger partial charge is 0.289 e. The fourth-order valence-corrected chi connectivity index (χ4v) is 6.53. The zero-order valence-electron chi connectivity index (χ0n) is 29.5. The molecule has 2 aromatic carbocycles. The van der Waals surface area contributed by atoms with E-state index in [2.05, 4.69) is 27.5 Å². The first-order valence-corrected chi connectivity index (χ1v) is 17.7. The minimum atomic E-state index is -1.14. The zero-order chi connectivity index (χ0) is 37.1. The molecule has 1 saturated carbocycles. The summed E-state index contributed by atoms with van der Waals surface area (Å²) < 4.78 is 0. The summed E-state index contributed by atoms with van der Waals surface area (Å²) in [4.78, 5) is 75.9. The minimum absolute atomic E-state index is 0.0296. The van der Waals surface area contributed by atoms with Gasteiger partial charge in [0.2, 0.25) is 17.6 Å². The number of nitrogens with zero attached hydrogens (tertiary/aromatic N) is 2. The number of hydrogen-bond donors (Lipinski definition) is 4. The number of amides is 4. The van der Waals surface area contributed by atoms with Crippen LogP contribution in [0.5, 0.6) is 0 Å². The van der Waals surface area contributed by atoms with Gasteiger partial charge in [0.05, 0.1) is 30.3 Å². The van der Waals surface area contributed by atoms with Crippen LogP contribution in [0.15, 0.2) is 54.6 Å². The van der Waals surface area contributed by atoms with Gasteiger partial charge in [0.25, 0.3) is 11.8 Å². The van der Waals surface area contributed by atoms with Crippen molar-refractivity contribution in [2.24, 2.45) is 5.41 Å². The molecule has 2 aliphatic heterocycles. The van der Waals surface area contributed by atoms with E-state index < -0.39 is 64.5 Å². The number of benzene rings is 2. The fraction of sp³-hybridized carbons (Fsp3) is 0.474. The van der Waals surface area contributed by atoms with E-state index in [4.69, 9.17) is 16.4 Å². The van der Waals surface area contributed by atoms with Gasteiger partial charge in [-0.2, -0.15) is 5.26 Å². The number of Topliss-reactive ketones (excluding diaryl/α,β-unsaturated/α-hetero) is 1. The summed E-state index contributed by atoms with van der Waals surface area (Å²) in [6.07, 6.45) is 4.21. The van der Waals surface area contributed by atoms with Gasteiger partial charge in [-0.15, -0.1) is 0 Å². The van der Waals surface area contributed by atoms with E-state index in [1.807, 2.05) is 39.8 Å². The van der Waals surface area contributed by atoms with Crippen LogP contribution in [0.1, 0.15) is 94.1 Å². The van der Waals surface area contributed by atoms with Gasteiger partial charge in [-0.3, -0.25) is 34.3 Å². The molecule has 2 heterocycles. The van der Waals surface area contributed by atoms with Crippen LogP contribution in [-0.4, -0.2) is 70.6 Å². The topological polar surface area (TPSA) is 170 Å². The molecule has 1 aliphatic carbocycles. The molecule has 1 spiro atoms. The molecule has 0 aromatic heterocycles. The summed E-state index contributed by atoms with van der Waals surface area (Å²) >= 11 is 6.25. The van der Waals surface area contributed by atoms with Gasteiger partial charge in [-0.25, -0.2) is 0 Å². The molecule has 4 amide bonds. The molecule has 2 aromatic rings. The number of nitriles is 1. The van der Waals surface area contributed by atoms with Crippen molar-refractivity contribution in [1.29, 1.82) is 5.26 Å². The molecule has 12 nitrogen and oxygen atoms in total. The van der Waals surface area contributed by atoms with Crippen LogP contribution in [0.2, 0.25) is 5.02 Å². The van der Waals surface area contributed by atoms with Gasteiger partial charge in [-0.1, -0.05) is 70.0 Å². The van der Waals surface area contributed by atoms with E-state index in [1.54, 1.807) is 49.4 Å². The summed E-state index contributed by atoms with van der Waals surface area (Å²) in [5.41, 5.74) is 3.28. The Morgan fingerprint density at radius 2 is 1.82 bits per heavy atom. The van der Waals surface area contributed by atoms with Crippen LogP contribution in [-0.2, 0) is 24.0 Å². The molecule has 5 rings (SSSR count). The number of carbonyl (C=O) groups excluding carboxylic acids is 5. The monoisotopic (exact) mass is 716 g/mol. The maximum absolute atomic E-state index is 14.7. The van der Waals surface area contributed by atoms with Crippen molar-refractivity contribution in [2.75, 3.05) is 6.54 Å². The lowest BCUT2D eigenvalue weighted by Crippen LogP contribution is -2.59. The minimum Gasteiger partial charge on any atom is -0.347 e. The van der Waals surface area contributed by atoms with Crippen LogP contribution in [0.3, 0.4) is 0 Å². The summed E-state index contributed by atoms with van der Waals surface area (Å²) in [6.45, 7) is 8.96. The van der Waals surface area contributed by atoms with Crippen LogP contribution >= 0.6 is 11.6 Å². The Bertz CT molecular complexity index is 1780. The van der Waals surface area contributed by atoms with Gasteiger partial charge >= 0.3 is 0 Å². The first-order valence-electron chi connectivity index (χ1n) is 17.3. The van der Waals surface area contributed by atoms with Gasteiger partial charge in [0, 0.05) is 28.6 Å². The van der Waals surface area contributed by atoms with E-state index >= 15 is 0 Å². The molecule has 0 bridgehead atoms. The number of hydroxylamine groups is 1. The summed E-state index contributed by atoms with van der Waals surface area (Å²) in [6, 6.07) is 12.7. The van der Waals surface area contributed by atoms with Gasteiger partial charge in [0.1, 0.15) is 17.7 Å². The Hall–Kier alpha value is -4.73. The summed E-state index contributed by atoms with van der Waals surface area (Å²) in [7, 11) is 0. The van der Waals surface area contributed by atoms with Crippen LogP contribution in [0.4, 0.5) is 0 Å². The van der Waals surface area contributed by atoms with Crippen molar-refractivity contribution >= 4 is 46.7 Å². The van der Waals surface area contributed by atoms with Gasteiger partial charge in [-0.05, 0) is 67.5 Å². The molecular weight excluding hydrogens is 672 g/mol. The number of likely N-dealkylation sites (tertiary alicyclic amines) is 1. The molecule has 2 fully saturated rings. The molecule has 0 radical (unpaired) electrons. The number of halogens is 1. The fourth-order valence-electron chi connectivity index (χ4n) is 6.34. The third-order valence-electron chi connectivity index (χ3n) is 9.42. The third kappa shape index (κ3) is 8.78. The number of nitrogens with one attached hydrogen (secondary N) is 4. The zero-order valence-corrected chi connectivity index (χ0v) is 30.3. The maximum atomic E-state index is 14.7. The van der Waals surface area contributed by atoms with Gasteiger partial charge < -0.3 is 20.9 Å². The predicted octanol–water partition coefficient (Wildman–Crippen LogP) is 4.16. The Morgan fingerprint density at radius 1 is 1.10 bits per heavy atom. The van der Waals surface area contributed by atoms with E-state index in [0.717, 1.165) is 18.4 Å². The van der Waals surface area contributed by atoms with E-state index in [0.29, 0.717) is 22.7 Å². The number of hydrogen-bond acceptors (Lipinski definition) is 8. The van der Waals surface area contributed by atoms with E-state index in [9.17, 15) is 29.2 Å². The molecule has 51 heavy (non-hydrogen) atoms. The Kier molecular flexibility index (Phi) is 11.2. The summed E-state index contributed by atoms with van der Waals surface area (Å²) in [5, 5.41) is 18.3. The molecule has 3 aliphatic rings. The van der Waals surface area contributed by atoms with Crippen molar-refractivity contribution in [3.05, 3.63) is 76.3 Å². The first-order chi connectivity index (χ1) is 24.1. The number of rotatable bonds is 12. The molecule has 0 unspecified atom stereocenters. The van der Waals surface area contributed by atoms with Crippen molar-refractivity contribution in [3.63, 3.8) is 0 Å². The van der Waals surface area contributed by atoms with Crippen LogP contribution in [0.25, 0.3) is 5.70 Å². The third-order valence-corrected chi connectivity index (χ3v) is 9.66. The van der Waals surface area contributed by atoms with Crippen molar-refractivity contribution in [3.8, 4) is 6.07 Å². The van der Waals surface area contributed by atoms with E-state index in [1.165, 1.54) is 4.90 Å². The lowest BCUT2D eigenvalue weighted by molar-refractivity contribution is -0.144. The number of carbonyl (C=O) groups is 5. The summed E-state index contributed by atoms with van der Waals surface area (Å²) in [5.74, 6) is -3.57. The molecule has 1 saturated heterocycles. The highest BCUT2D eigenvalue weighted by Gasteiger charge is 2.54. The second-order valence-corrected chi connectivity index (χ2v) is 15.2. The largest absolute Gasteiger partial charge is 0.347 e. The average Bonchev–Trinajstić information content (AvgIpc) is 3.69. The lowest BCUT2D eigenvalue weighted by atomic mass is 9.85. The normalized spacial score (nSPS) is 21.5. The second-order valence-electron chi connectivity index (χ2n) is 14.7. The lowest BCUT2D eigenvalue weighted by Gasteiger charge is -2.35. The quantitative estimate of drug-likeness (QED) is 0.238. The predicted molar refractivity (Wildman–Crippen MR) is 191 cm³/mol. The Morgan fingerprint density at radius 3 is 2.47 bits per heavy atom. The highest BCUT2D eigenvalue weighted by molar-refractivity contribution is 6.38. The van der Waals surface area contributed by atoms with Crippen LogP contribution < -0.4 is 21.4 Å². The van der Waals surface area contributed by atoms with E-state index in [-0.39, 0.29) is 31.0 Å². The standard InChI is InChI=1S/C38H45ClN6O6/c1-6-9-28(31(46)35(49)41-27-14-15-27)42-34(48)30-19-38(18-29(44-51-38)24-11-8-13-26(39)17-24)21-45(30)36(50)32(37(3,4)5)43-33(47)25-12-7-10-23(16-25)22(2)20-40/h7-8,10-13,16-18,22,27-28,30,32,44H,6,9,14-15,19,21H2,1-5H3,(H,41,49)(H,42,48)(H,43,47)/t22-,28-,30-,32+,38+/m0/s1. The van der Waals surface area contributed by atoms with Crippen LogP contribution in [0, 0.1) is 16.7 Å².